The van der Waals surface area contributed by atoms with Crippen molar-refractivity contribution in [3.63, 3.8) is 0 Å². The Morgan fingerprint density at radius 1 is 1.28 bits per heavy atom. The molecule has 1 amide bonds. The number of rotatable bonds is 5. The van der Waals surface area contributed by atoms with Gasteiger partial charge in [0.2, 0.25) is 5.91 Å². The maximum Gasteiger partial charge on any atom is 0.347 e. The van der Waals surface area contributed by atoms with E-state index < -0.39 is 5.69 Å². The quantitative estimate of drug-likeness (QED) is 0.837. The Balaban J connectivity index is 1.53. The molecule has 1 aromatic heterocycles. The van der Waals surface area contributed by atoms with Gasteiger partial charge >= 0.3 is 5.69 Å². The molecule has 2 heterocycles. The Hall–Kier alpha value is -2.50. The highest BCUT2D eigenvalue weighted by Gasteiger charge is 2.23. The van der Waals surface area contributed by atoms with Crippen LogP contribution in [0, 0.1) is 11.7 Å². The molecule has 0 bridgehead atoms. The van der Waals surface area contributed by atoms with Crippen LogP contribution in [0.5, 0.6) is 0 Å². The molecule has 0 spiro atoms. The zero-order valence-electron chi connectivity index (χ0n) is 14.1. The third-order valence-electron chi connectivity index (χ3n) is 4.71. The second-order valence-corrected chi connectivity index (χ2v) is 6.54. The topological polar surface area (TPSA) is 55.2 Å². The lowest BCUT2D eigenvalue weighted by Crippen LogP contribution is -2.43. The number of amides is 1. The standard InChI is InChI=1S/C19H22FN3O2/c20-17-8-6-15(7-9-17)4-5-16-3-1-11-22(13-16)18(24)14-23-12-2-10-21-19(23)25/h2,6-10,12,16H,1,3-5,11,13-14H2/t16-/m0/s1. The molecular weight excluding hydrogens is 321 g/mol. The molecule has 0 unspecified atom stereocenters. The summed E-state index contributed by atoms with van der Waals surface area (Å²) in [5, 5.41) is 0. The van der Waals surface area contributed by atoms with Crippen LogP contribution in [-0.2, 0) is 17.8 Å². The van der Waals surface area contributed by atoms with Crippen LogP contribution in [0.2, 0.25) is 0 Å². The van der Waals surface area contributed by atoms with Gasteiger partial charge in [0.15, 0.2) is 0 Å². The predicted molar refractivity (Wildman–Crippen MR) is 92.5 cm³/mol. The smallest absolute Gasteiger partial charge is 0.341 e. The summed E-state index contributed by atoms with van der Waals surface area (Å²) < 4.78 is 14.3. The Morgan fingerprint density at radius 2 is 2.08 bits per heavy atom. The lowest BCUT2D eigenvalue weighted by Gasteiger charge is -2.33. The molecule has 6 heteroatoms. The Labute approximate surface area is 146 Å². The third kappa shape index (κ3) is 4.75. The minimum Gasteiger partial charge on any atom is -0.341 e. The molecule has 0 radical (unpaired) electrons. The van der Waals surface area contributed by atoms with E-state index in [-0.39, 0.29) is 18.3 Å². The molecule has 0 aliphatic carbocycles. The van der Waals surface area contributed by atoms with Crippen molar-refractivity contribution in [2.45, 2.75) is 32.2 Å². The van der Waals surface area contributed by atoms with Gasteiger partial charge in [0.05, 0.1) is 0 Å². The van der Waals surface area contributed by atoms with E-state index in [0.717, 1.165) is 44.3 Å². The highest BCUT2D eigenvalue weighted by Crippen LogP contribution is 2.22. The van der Waals surface area contributed by atoms with E-state index in [4.69, 9.17) is 0 Å². The summed E-state index contributed by atoms with van der Waals surface area (Å²) in [6.07, 6.45) is 6.94. The van der Waals surface area contributed by atoms with Gasteiger partial charge in [0.1, 0.15) is 12.4 Å². The number of benzene rings is 1. The molecule has 25 heavy (non-hydrogen) atoms. The Morgan fingerprint density at radius 3 is 2.84 bits per heavy atom. The number of piperidine rings is 1. The molecule has 1 fully saturated rings. The van der Waals surface area contributed by atoms with E-state index in [1.54, 1.807) is 12.3 Å². The van der Waals surface area contributed by atoms with Crippen molar-refractivity contribution in [2.24, 2.45) is 5.92 Å². The zero-order chi connectivity index (χ0) is 17.6. The fraction of sp³-hybridized carbons (Fsp3) is 0.421. The fourth-order valence-corrected chi connectivity index (χ4v) is 3.30. The van der Waals surface area contributed by atoms with Crippen LogP contribution in [0.3, 0.4) is 0 Å². The zero-order valence-corrected chi connectivity index (χ0v) is 14.1. The van der Waals surface area contributed by atoms with Crippen LogP contribution < -0.4 is 5.69 Å². The van der Waals surface area contributed by atoms with E-state index in [0.29, 0.717) is 5.92 Å². The SMILES string of the molecule is O=C(Cn1cccnc1=O)N1CCC[C@@H](CCc2ccc(F)cc2)C1. The normalized spacial score (nSPS) is 17.5. The van der Waals surface area contributed by atoms with Gasteiger partial charge < -0.3 is 4.90 Å². The van der Waals surface area contributed by atoms with Crippen LogP contribution in [0.25, 0.3) is 0 Å². The monoisotopic (exact) mass is 343 g/mol. The minimum atomic E-state index is -0.402. The minimum absolute atomic E-state index is 0.0390. The number of hydrogen-bond donors (Lipinski definition) is 0. The van der Waals surface area contributed by atoms with Crippen LogP contribution >= 0.6 is 0 Å². The van der Waals surface area contributed by atoms with Crippen molar-refractivity contribution in [1.82, 2.24) is 14.5 Å². The van der Waals surface area contributed by atoms with Crippen molar-refractivity contribution in [1.29, 1.82) is 0 Å². The number of aromatic nitrogens is 2. The van der Waals surface area contributed by atoms with Gasteiger partial charge in [-0.05, 0) is 55.4 Å². The summed E-state index contributed by atoms with van der Waals surface area (Å²) in [5.41, 5.74) is 0.715. The maximum atomic E-state index is 13.0. The van der Waals surface area contributed by atoms with Crippen molar-refractivity contribution in [3.05, 3.63) is 64.6 Å². The molecule has 2 aromatic rings. The number of hydrogen-bond acceptors (Lipinski definition) is 3. The summed E-state index contributed by atoms with van der Waals surface area (Å²) in [7, 11) is 0. The van der Waals surface area contributed by atoms with Gasteiger partial charge in [-0.2, -0.15) is 0 Å². The molecule has 3 rings (SSSR count). The summed E-state index contributed by atoms with van der Waals surface area (Å²) >= 11 is 0. The number of aryl methyl sites for hydroxylation is 1. The summed E-state index contributed by atoms with van der Waals surface area (Å²) in [6, 6.07) is 8.25. The van der Waals surface area contributed by atoms with Gasteiger partial charge in [-0.3, -0.25) is 9.36 Å². The van der Waals surface area contributed by atoms with Crippen LogP contribution in [-0.4, -0.2) is 33.4 Å². The number of carbonyl (C=O) groups excluding carboxylic acids is 1. The predicted octanol–water partition coefficient (Wildman–Crippen LogP) is 2.25. The van der Waals surface area contributed by atoms with Gasteiger partial charge in [-0.15, -0.1) is 0 Å². The van der Waals surface area contributed by atoms with Gasteiger partial charge in [0.25, 0.3) is 0 Å². The molecular formula is C19H22FN3O2. The van der Waals surface area contributed by atoms with Crippen LogP contribution in [0.1, 0.15) is 24.8 Å². The molecule has 1 aromatic carbocycles. The summed E-state index contributed by atoms with van der Waals surface area (Å²) in [5.74, 6) is 0.179. The number of carbonyl (C=O) groups is 1. The lowest BCUT2D eigenvalue weighted by molar-refractivity contribution is -0.133. The second kappa shape index (κ2) is 8.05. The van der Waals surface area contributed by atoms with E-state index in [1.807, 2.05) is 17.0 Å². The van der Waals surface area contributed by atoms with Gasteiger partial charge in [-0.25, -0.2) is 14.2 Å². The molecule has 5 nitrogen and oxygen atoms in total. The largest absolute Gasteiger partial charge is 0.347 e. The Bertz CT molecular complexity index is 773. The summed E-state index contributed by atoms with van der Waals surface area (Å²) in [6.45, 7) is 1.49. The van der Waals surface area contributed by atoms with Crippen LogP contribution in [0.4, 0.5) is 4.39 Å². The molecule has 1 aliphatic heterocycles. The van der Waals surface area contributed by atoms with E-state index in [2.05, 4.69) is 4.98 Å². The maximum absolute atomic E-state index is 13.0. The first-order chi connectivity index (χ1) is 12.1. The fourth-order valence-electron chi connectivity index (χ4n) is 3.30. The number of halogens is 1. The lowest BCUT2D eigenvalue weighted by atomic mass is 9.91. The van der Waals surface area contributed by atoms with Crippen molar-refractivity contribution < 1.29 is 9.18 Å². The van der Waals surface area contributed by atoms with E-state index in [9.17, 15) is 14.0 Å². The molecule has 1 saturated heterocycles. The highest BCUT2D eigenvalue weighted by molar-refractivity contribution is 5.76. The average Bonchev–Trinajstić information content (AvgIpc) is 2.63. The molecule has 132 valence electrons. The first-order valence-electron chi connectivity index (χ1n) is 8.65. The molecule has 0 N–H and O–H groups in total. The average molecular weight is 343 g/mol. The number of likely N-dealkylation sites (tertiary alicyclic amines) is 1. The summed E-state index contributed by atoms with van der Waals surface area (Å²) in [4.78, 5) is 29.6. The molecule has 0 saturated carbocycles. The van der Waals surface area contributed by atoms with Crippen molar-refractivity contribution in [2.75, 3.05) is 13.1 Å². The molecule has 1 aliphatic rings. The Kier molecular flexibility index (Phi) is 5.58. The van der Waals surface area contributed by atoms with Gasteiger partial charge in [0, 0.05) is 25.5 Å². The van der Waals surface area contributed by atoms with E-state index in [1.165, 1.54) is 22.9 Å². The van der Waals surface area contributed by atoms with Crippen molar-refractivity contribution in [3.8, 4) is 0 Å². The first-order valence-corrected chi connectivity index (χ1v) is 8.65. The van der Waals surface area contributed by atoms with E-state index >= 15 is 0 Å². The highest BCUT2D eigenvalue weighted by atomic mass is 19.1. The second-order valence-electron chi connectivity index (χ2n) is 6.54. The first kappa shape index (κ1) is 17.3. The number of nitrogens with zero attached hydrogens (tertiary/aromatic N) is 3. The van der Waals surface area contributed by atoms with Crippen molar-refractivity contribution >= 4 is 5.91 Å². The van der Waals surface area contributed by atoms with Gasteiger partial charge in [-0.1, -0.05) is 12.1 Å². The van der Waals surface area contributed by atoms with Crippen LogP contribution in [0.15, 0.2) is 47.5 Å². The third-order valence-corrected chi connectivity index (χ3v) is 4.71. The molecule has 1 atom stereocenters.